The van der Waals surface area contributed by atoms with Gasteiger partial charge in [0.1, 0.15) is 0 Å². The van der Waals surface area contributed by atoms with E-state index in [0.717, 1.165) is 38.5 Å². The van der Waals surface area contributed by atoms with E-state index in [4.69, 9.17) is 4.74 Å². The number of rotatable bonds is 2. The van der Waals surface area contributed by atoms with Gasteiger partial charge >= 0.3 is 0 Å². The number of ether oxygens (including phenoxy) is 1. The molecule has 16 heavy (non-hydrogen) atoms. The van der Waals surface area contributed by atoms with Gasteiger partial charge in [-0.1, -0.05) is 12.5 Å². The monoisotopic (exact) mass is 224 g/mol. The molecule has 0 bridgehead atoms. The molecule has 2 aliphatic rings. The molecular weight excluding hydrogens is 200 g/mol. The molecule has 0 amide bonds. The van der Waals surface area contributed by atoms with Crippen molar-refractivity contribution >= 4 is 0 Å². The molecule has 2 rings (SSSR count). The molecule has 0 aromatic carbocycles. The highest BCUT2D eigenvalue weighted by Crippen LogP contribution is 2.38. The number of hydrogen-bond donors (Lipinski definition) is 1. The van der Waals surface area contributed by atoms with Crippen LogP contribution in [0.3, 0.4) is 0 Å². The first kappa shape index (κ1) is 12.1. The van der Waals surface area contributed by atoms with Crippen LogP contribution in [0.4, 0.5) is 0 Å². The number of hydrogen-bond acceptors (Lipinski definition) is 2. The Morgan fingerprint density at radius 3 is 2.69 bits per heavy atom. The molecule has 0 radical (unpaired) electrons. The zero-order valence-corrected chi connectivity index (χ0v) is 10.4. The minimum absolute atomic E-state index is 0.367. The molecule has 1 saturated carbocycles. The fourth-order valence-electron chi connectivity index (χ4n) is 3.06. The normalized spacial score (nSPS) is 36.6. The summed E-state index contributed by atoms with van der Waals surface area (Å²) in [4.78, 5) is 0. The van der Waals surface area contributed by atoms with Crippen molar-refractivity contribution in [2.75, 3.05) is 7.11 Å². The number of allylic oxidation sites excluding steroid dienone is 1. The Morgan fingerprint density at radius 1 is 1.25 bits per heavy atom. The fourth-order valence-corrected chi connectivity index (χ4v) is 3.06. The van der Waals surface area contributed by atoms with Crippen molar-refractivity contribution in [2.45, 2.75) is 69.5 Å². The van der Waals surface area contributed by atoms with E-state index in [-0.39, 0.29) is 0 Å². The first-order valence-electron chi connectivity index (χ1n) is 6.69. The van der Waals surface area contributed by atoms with E-state index in [1.54, 1.807) is 7.11 Å². The average molecular weight is 224 g/mol. The summed E-state index contributed by atoms with van der Waals surface area (Å²) >= 11 is 0. The molecule has 92 valence electrons. The summed E-state index contributed by atoms with van der Waals surface area (Å²) in [6.07, 6.45) is 12.6. The maximum absolute atomic E-state index is 10.7. The smallest absolute Gasteiger partial charge is 0.0858 e. The van der Waals surface area contributed by atoms with Crippen molar-refractivity contribution in [3.63, 3.8) is 0 Å². The molecule has 0 unspecified atom stereocenters. The van der Waals surface area contributed by atoms with E-state index in [9.17, 15) is 5.11 Å². The Labute approximate surface area is 98.7 Å². The summed E-state index contributed by atoms with van der Waals surface area (Å²) in [5.74, 6) is 0. The van der Waals surface area contributed by atoms with Gasteiger partial charge < -0.3 is 9.84 Å². The van der Waals surface area contributed by atoms with Gasteiger partial charge in [0.2, 0.25) is 0 Å². The van der Waals surface area contributed by atoms with Crippen LogP contribution in [-0.2, 0) is 4.74 Å². The quantitative estimate of drug-likeness (QED) is 0.730. The molecule has 0 aromatic rings. The van der Waals surface area contributed by atoms with Crippen LogP contribution in [0.2, 0.25) is 0 Å². The van der Waals surface area contributed by atoms with Crippen LogP contribution in [0, 0.1) is 0 Å². The Bertz CT molecular complexity index is 249. The Hall–Kier alpha value is -0.340. The topological polar surface area (TPSA) is 29.5 Å². The lowest BCUT2D eigenvalue weighted by molar-refractivity contribution is -0.0222. The third-order valence-electron chi connectivity index (χ3n) is 4.23. The molecule has 0 aromatic heterocycles. The van der Waals surface area contributed by atoms with Gasteiger partial charge in [-0.25, -0.2) is 0 Å². The summed E-state index contributed by atoms with van der Waals surface area (Å²) < 4.78 is 5.37. The van der Waals surface area contributed by atoms with E-state index in [1.807, 2.05) is 0 Å². The van der Waals surface area contributed by atoms with Gasteiger partial charge in [-0.05, 0) is 56.9 Å². The molecule has 1 N–H and O–H groups in total. The summed E-state index contributed by atoms with van der Waals surface area (Å²) in [5.41, 5.74) is 0.818. The van der Waals surface area contributed by atoms with Gasteiger partial charge in [0.15, 0.2) is 0 Å². The van der Waals surface area contributed by atoms with Gasteiger partial charge in [0, 0.05) is 7.11 Å². The van der Waals surface area contributed by atoms with Crippen molar-refractivity contribution < 1.29 is 9.84 Å². The molecule has 0 atom stereocenters. The number of methoxy groups -OCH3 is 1. The second kappa shape index (κ2) is 5.33. The van der Waals surface area contributed by atoms with E-state index in [0.29, 0.717) is 6.10 Å². The highest BCUT2D eigenvalue weighted by atomic mass is 16.5. The zero-order chi connectivity index (χ0) is 11.4. The second-order valence-electron chi connectivity index (χ2n) is 5.30. The van der Waals surface area contributed by atoms with Crippen LogP contribution in [0.5, 0.6) is 0 Å². The second-order valence-corrected chi connectivity index (χ2v) is 5.30. The molecule has 0 saturated heterocycles. The molecule has 1 fully saturated rings. The summed E-state index contributed by atoms with van der Waals surface area (Å²) in [7, 11) is 1.78. The van der Waals surface area contributed by atoms with Gasteiger partial charge in [-0.3, -0.25) is 0 Å². The number of aliphatic hydroxyl groups is 1. The van der Waals surface area contributed by atoms with Gasteiger partial charge in [0.05, 0.1) is 11.7 Å². The Kier molecular flexibility index (Phi) is 4.04. The van der Waals surface area contributed by atoms with Crippen LogP contribution >= 0.6 is 0 Å². The lowest BCUT2D eigenvalue weighted by Gasteiger charge is -2.37. The summed E-state index contributed by atoms with van der Waals surface area (Å²) in [6, 6.07) is 0. The minimum Gasteiger partial charge on any atom is -0.386 e. The molecule has 2 nitrogen and oxygen atoms in total. The molecular formula is C14H24O2. The van der Waals surface area contributed by atoms with E-state index in [1.165, 1.54) is 24.8 Å². The lowest BCUT2D eigenvalue weighted by atomic mass is 9.76. The fraction of sp³-hybridized carbons (Fsp3) is 0.857. The van der Waals surface area contributed by atoms with Gasteiger partial charge in [-0.15, -0.1) is 0 Å². The largest absolute Gasteiger partial charge is 0.386 e. The highest BCUT2D eigenvalue weighted by molar-refractivity contribution is 5.19. The first-order chi connectivity index (χ1) is 7.74. The van der Waals surface area contributed by atoms with Crippen LogP contribution < -0.4 is 0 Å². The van der Waals surface area contributed by atoms with Crippen molar-refractivity contribution in [3.8, 4) is 0 Å². The standard InChI is InChI=1S/C14H24O2/c1-16-13-8-10-14(15,11-9-13)12-6-4-2-3-5-7-12/h6,13,15H,2-5,7-11H2,1H3. The highest BCUT2D eigenvalue weighted by Gasteiger charge is 2.36. The predicted octanol–water partition coefficient (Wildman–Crippen LogP) is 3.20. The van der Waals surface area contributed by atoms with Gasteiger partial charge in [-0.2, -0.15) is 0 Å². The minimum atomic E-state index is -0.501. The molecule has 0 aliphatic heterocycles. The maximum atomic E-state index is 10.7. The van der Waals surface area contributed by atoms with Crippen molar-refractivity contribution in [2.24, 2.45) is 0 Å². The van der Waals surface area contributed by atoms with Crippen molar-refractivity contribution in [1.29, 1.82) is 0 Å². The Balaban J connectivity index is 1.99. The van der Waals surface area contributed by atoms with Crippen LogP contribution in [0.25, 0.3) is 0 Å². The van der Waals surface area contributed by atoms with Crippen molar-refractivity contribution in [1.82, 2.24) is 0 Å². The van der Waals surface area contributed by atoms with Crippen LogP contribution in [0.15, 0.2) is 11.6 Å². The van der Waals surface area contributed by atoms with E-state index >= 15 is 0 Å². The lowest BCUT2D eigenvalue weighted by Crippen LogP contribution is -2.38. The third kappa shape index (κ3) is 2.67. The third-order valence-corrected chi connectivity index (χ3v) is 4.23. The molecule has 0 spiro atoms. The summed E-state index contributed by atoms with van der Waals surface area (Å²) in [6.45, 7) is 0. The molecule has 0 heterocycles. The van der Waals surface area contributed by atoms with Crippen LogP contribution in [-0.4, -0.2) is 23.9 Å². The van der Waals surface area contributed by atoms with Gasteiger partial charge in [0.25, 0.3) is 0 Å². The average Bonchev–Trinajstić information content (AvgIpc) is 2.59. The van der Waals surface area contributed by atoms with Crippen molar-refractivity contribution in [3.05, 3.63) is 11.6 Å². The summed E-state index contributed by atoms with van der Waals surface area (Å²) in [5, 5.41) is 10.7. The predicted molar refractivity (Wildman–Crippen MR) is 65.4 cm³/mol. The molecule has 2 aliphatic carbocycles. The van der Waals surface area contributed by atoms with E-state index in [2.05, 4.69) is 6.08 Å². The van der Waals surface area contributed by atoms with E-state index < -0.39 is 5.60 Å². The zero-order valence-electron chi connectivity index (χ0n) is 10.4. The van der Waals surface area contributed by atoms with Crippen LogP contribution in [0.1, 0.15) is 57.8 Å². The Morgan fingerprint density at radius 2 is 2.00 bits per heavy atom. The first-order valence-corrected chi connectivity index (χ1v) is 6.69. The molecule has 2 heteroatoms. The SMILES string of the molecule is COC1CCC(O)(C2=CCCCCC2)CC1. The maximum Gasteiger partial charge on any atom is 0.0858 e.